The van der Waals surface area contributed by atoms with E-state index in [0.717, 1.165) is 28.8 Å². The number of methoxy groups -OCH3 is 2. The van der Waals surface area contributed by atoms with Crippen molar-refractivity contribution in [2.75, 3.05) is 20.8 Å². The third kappa shape index (κ3) is 6.72. The summed E-state index contributed by atoms with van der Waals surface area (Å²) in [6.45, 7) is 0.429. The van der Waals surface area contributed by atoms with E-state index in [9.17, 15) is 22.7 Å². The van der Waals surface area contributed by atoms with Crippen LogP contribution in [0.5, 0.6) is 23.0 Å². The van der Waals surface area contributed by atoms with Gasteiger partial charge in [-0.2, -0.15) is 0 Å². The fraction of sp³-hybridized carbons (Fsp3) is 0.314. The summed E-state index contributed by atoms with van der Waals surface area (Å²) in [5.74, 6) is -1.03. The highest BCUT2D eigenvalue weighted by atomic mass is 19.1. The van der Waals surface area contributed by atoms with E-state index in [4.69, 9.17) is 18.9 Å². The number of rotatable bonds is 9. The zero-order valence-electron chi connectivity index (χ0n) is 24.9. The molecule has 236 valence electrons. The summed E-state index contributed by atoms with van der Waals surface area (Å²) in [5, 5.41) is 11.0. The Morgan fingerprint density at radius 3 is 1.80 bits per heavy atom. The molecule has 10 heteroatoms. The minimum atomic E-state index is -0.725. The predicted octanol–water partition coefficient (Wildman–Crippen LogP) is 7.21. The van der Waals surface area contributed by atoms with Gasteiger partial charge in [0.15, 0.2) is 23.0 Å². The van der Waals surface area contributed by atoms with E-state index >= 15 is 0 Å². The summed E-state index contributed by atoms with van der Waals surface area (Å²) in [4.78, 5) is 2.36. The smallest absolute Gasteiger partial charge is 0.162 e. The lowest BCUT2D eigenvalue weighted by molar-refractivity contribution is -0.00697. The molecule has 0 aromatic heterocycles. The molecule has 6 rings (SSSR count). The molecule has 1 saturated heterocycles. The number of hydrogen-bond acceptors (Lipinski definition) is 6. The summed E-state index contributed by atoms with van der Waals surface area (Å²) >= 11 is 0. The first-order chi connectivity index (χ1) is 21.7. The second-order valence-electron chi connectivity index (χ2n) is 11.4. The molecule has 2 aliphatic heterocycles. The van der Waals surface area contributed by atoms with Gasteiger partial charge in [0.25, 0.3) is 0 Å². The Labute approximate surface area is 258 Å². The van der Waals surface area contributed by atoms with Crippen molar-refractivity contribution < 1.29 is 41.6 Å². The lowest BCUT2D eigenvalue weighted by atomic mass is 9.81. The highest BCUT2D eigenvalue weighted by Crippen LogP contribution is 2.48. The van der Waals surface area contributed by atoms with Crippen LogP contribution in [-0.4, -0.2) is 36.9 Å². The summed E-state index contributed by atoms with van der Waals surface area (Å²) in [6, 6.07) is 15.5. The quantitative estimate of drug-likeness (QED) is 0.199. The van der Waals surface area contributed by atoms with E-state index in [1.54, 1.807) is 14.2 Å². The van der Waals surface area contributed by atoms with Gasteiger partial charge in [-0.1, -0.05) is 6.07 Å². The van der Waals surface area contributed by atoms with Crippen molar-refractivity contribution in [3.63, 3.8) is 0 Å². The van der Waals surface area contributed by atoms with Crippen molar-refractivity contribution in [3.05, 3.63) is 118 Å². The summed E-state index contributed by atoms with van der Waals surface area (Å²) in [6.07, 6.45) is 1.13. The van der Waals surface area contributed by atoms with Gasteiger partial charge in [-0.25, -0.2) is 17.6 Å². The molecular weight excluding hydrogens is 590 g/mol. The van der Waals surface area contributed by atoms with E-state index < -0.39 is 29.4 Å². The largest absolute Gasteiger partial charge is 0.493 e. The zero-order valence-corrected chi connectivity index (χ0v) is 24.9. The molecule has 2 aliphatic rings. The lowest BCUT2D eigenvalue weighted by Gasteiger charge is -2.47. The van der Waals surface area contributed by atoms with Crippen molar-refractivity contribution >= 4 is 0 Å². The molecule has 0 spiro atoms. The molecule has 1 N–H and O–H groups in total. The van der Waals surface area contributed by atoms with Crippen LogP contribution in [0.2, 0.25) is 0 Å². The van der Waals surface area contributed by atoms with Gasteiger partial charge in [0.1, 0.15) is 36.5 Å². The lowest BCUT2D eigenvalue weighted by Crippen LogP contribution is -2.45. The molecule has 0 amide bonds. The van der Waals surface area contributed by atoms with Crippen molar-refractivity contribution in [1.82, 2.24) is 4.90 Å². The third-order valence-corrected chi connectivity index (χ3v) is 8.42. The van der Waals surface area contributed by atoms with Crippen LogP contribution in [0.15, 0.2) is 66.7 Å². The van der Waals surface area contributed by atoms with Crippen molar-refractivity contribution in [3.8, 4) is 23.0 Å². The van der Waals surface area contributed by atoms with Gasteiger partial charge in [0.2, 0.25) is 0 Å². The first kappa shape index (κ1) is 30.7. The summed E-state index contributed by atoms with van der Waals surface area (Å²) < 4.78 is 78.5. The second-order valence-corrected chi connectivity index (χ2v) is 11.4. The van der Waals surface area contributed by atoms with Gasteiger partial charge in [0, 0.05) is 30.8 Å². The monoisotopic (exact) mass is 623 g/mol. The molecule has 6 nitrogen and oxygen atoms in total. The maximum atomic E-state index is 13.9. The predicted molar refractivity (Wildman–Crippen MR) is 159 cm³/mol. The SMILES string of the molecule is COc1ccc([C@@H]2C[C@@H](O)C[C@H]3c4cc(OCc5cc(F)cc(F)c5)c(OCc5cc(F)cc(F)c5)cc4CCN23)cc1OC. The topological polar surface area (TPSA) is 60.4 Å². The van der Waals surface area contributed by atoms with Crippen LogP contribution >= 0.6 is 0 Å². The van der Waals surface area contributed by atoms with Gasteiger partial charge in [-0.05, 0) is 95.6 Å². The number of halogens is 4. The van der Waals surface area contributed by atoms with Crippen LogP contribution in [-0.2, 0) is 19.6 Å². The van der Waals surface area contributed by atoms with Gasteiger partial charge in [-0.15, -0.1) is 0 Å². The molecule has 3 atom stereocenters. The summed E-state index contributed by atoms with van der Waals surface area (Å²) in [5.41, 5.74) is 3.50. The van der Waals surface area contributed by atoms with Crippen LogP contribution in [0.1, 0.15) is 52.7 Å². The molecule has 4 aromatic rings. The number of benzene rings is 4. The van der Waals surface area contributed by atoms with Gasteiger partial charge >= 0.3 is 0 Å². The molecule has 0 saturated carbocycles. The van der Waals surface area contributed by atoms with E-state index in [2.05, 4.69) is 4.90 Å². The zero-order chi connectivity index (χ0) is 31.7. The maximum absolute atomic E-state index is 13.9. The normalized spacial score (nSPS) is 19.4. The van der Waals surface area contributed by atoms with E-state index in [1.807, 2.05) is 30.3 Å². The molecule has 0 bridgehead atoms. The Balaban J connectivity index is 1.34. The Bertz CT molecular complexity index is 1660. The number of ether oxygens (including phenoxy) is 4. The number of hydrogen-bond donors (Lipinski definition) is 1. The molecule has 2 heterocycles. The van der Waals surface area contributed by atoms with E-state index in [-0.39, 0.29) is 30.9 Å². The molecular formula is C35H33F4NO5. The fourth-order valence-corrected chi connectivity index (χ4v) is 6.43. The molecule has 0 unspecified atom stereocenters. The van der Waals surface area contributed by atoms with Gasteiger partial charge in [-0.3, -0.25) is 4.90 Å². The van der Waals surface area contributed by atoms with Crippen LogP contribution in [0.3, 0.4) is 0 Å². The number of aliphatic hydroxyl groups excluding tert-OH is 1. The highest BCUT2D eigenvalue weighted by Gasteiger charge is 2.40. The maximum Gasteiger partial charge on any atom is 0.162 e. The molecule has 45 heavy (non-hydrogen) atoms. The molecule has 1 fully saturated rings. The first-order valence-corrected chi connectivity index (χ1v) is 14.7. The van der Waals surface area contributed by atoms with Crippen LogP contribution < -0.4 is 18.9 Å². The highest BCUT2D eigenvalue weighted by molar-refractivity contribution is 5.51. The average Bonchev–Trinajstić information content (AvgIpc) is 3.01. The average molecular weight is 624 g/mol. The van der Waals surface area contributed by atoms with Crippen LogP contribution in [0.25, 0.3) is 0 Å². The minimum absolute atomic E-state index is 0.0925. The van der Waals surface area contributed by atoms with Gasteiger partial charge < -0.3 is 24.1 Å². The van der Waals surface area contributed by atoms with Crippen molar-refractivity contribution in [1.29, 1.82) is 0 Å². The fourth-order valence-electron chi connectivity index (χ4n) is 6.43. The van der Waals surface area contributed by atoms with E-state index in [1.165, 1.54) is 24.3 Å². The Hall–Kier alpha value is -4.28. The van der Waals surface area contributed by atoms with Crippen LogP contribution in [0.4, 0.5) is 17.6 Å². The van der Waals surface area contributed by atoms with E-state index in [0.29, 0.717) is 54.4 Å². The number of nitrogens with zero attached hydrogens (tertiary/aromatic N) is 1. The molecule has 4 aromatic carbocycles. The molecule has 0 aliphatic carbocycles. The summed E-state index contributed by atoms with van der Waals surface area (Å²) in [7, 11) is 3.17. The number of aliphatic hydroxyl groups is 1. The Kier molecular flexibility index (Phi) is 8.87. The second kappa shape index (κ2) is 13.0. The molecule has 0 radical (unpaired) electrons. The number of piperidine rings is 1. The van der Waals surface area contributed by atoms with Crippen molar-refractivity contribution in [2.24, 2.45) is 0 Å². The first-order valence-electron chi connectivity index (χ1n) is 14.7. The van der Waals surface area contributed by atoms with Crippen molar-refractivity contribution in [2.45, 2.75) is 50.7 Å². The van der Waals surface area contributed by atoms with Crippen LogP contribution in [0, 0.1) is 23.3 Å². The Morgan fingerprint density at radius 1 is 0.667 bits per heavy atom. The number of fused-ring (bicyclic) bond motifs is 3. The van der Waals surface area contributed by atoms with Gasteiger partial charge in [0.05, 0.1) is 20.3 Å². The Morgan fingerprint density at radius 2 is 1.22 bits per heavy atom. The third-order valence-electron chi connectivity index (χ3n) is 8.42. The standard InChI is InChI=1S/C35H33F4NO5/c1-42-32-4-3-23(12-33(32)43-2)30-15-28(41)16-31-29-17-35(45-19-21-9-26(38)14-27(39)10-21)34(11-22(29)5-6-40(30)31)44-18-20-7-24(36)13-25(37)8-20/h3-4,7-14,17,28,30-31,41H,5-6,15-16,18-19H2,1-2H3/t28-,30+,31+/m1/s1. The minimum Gasteiger partial charge on any atom is -0.493 e.